The fourth-order valence-electron chi connectivity index (χ4n) is 1.39. The van der Waals surface area contributed by atoms with Crippen molar-refractivity contribution in [2.24, 2.45) is 0 Å². The SMILES string of the molecule is Cc1ccc(P2(=O)NNC(=C(C#N)C#N)S2)cc1. The third kappa shape index (κ3) is 2.27. The summed E-state index contributed by atoms with van der Waals surface area (Å²) in [6.07, 6.45) is 0. The summed E-state index contributed by atoms with van der Waals surface area (Å²) in [6, 6.07) is 10.8. The molecular weight excluding hydrogens is 267 g/mol. The minimum absolute atomic E-state index is 0.0719. The molecule has 1 aliphatic rings. The van der Waals surface area contributed by atoms with Crippen molar-refractivity contribution in [3.8, 4) is 12.1 Å². The summed E-state index contributed by atoms with van der Waals surface area (Å²) in [6.45, 7) is -0.937. The lowest BCUT2D eigenvalue weighted by Crippen LogP contribution is -2.22. The Bertz CT molecular complexity index is 622. The van der Waals surface area contributed by atoms with Gasteiger partial charge in [-0.2, -0.15) is 15.7 Å². The summed E-state index contributed by atoms with van der Waals surface area (Å²) in [4.78, 5) is 0. The van der Waals surface area contributed by atoms with E-state index < -0.39 is 6.49 Å². The van der Waals surface area contributed by atoms with Gasteiger partial charge in [-0.1, -0.05) is 17.7 Å². The fourth-order valence-corrected chi connectivity index (χ4v) is 5.22. The van der Waals surface area contributed by atoms with Crippen molar-refractivity contribution in [3.63, 3.8) is 0 Å². The lowest BCUT2D eigenvalue weighted by atomic mass is 10.2. The molecule has 7 heteroatoms. The third-order valence-electron chi connectivity index (χ3n) is 2.36. The summed E-state index contributed by atoms with van der Waals surface area (Å²) < 4.78 is 12.6. The maximum absolute atomic E-state index is 12.6. The predicted molar refractivity (Wildman–Crippen MR) is 70.5 cm³/mol. The molecule has 1 aliphatic heterocycles. The predicted octanol–water partition coefficient (Wildman–Crippen LogP) is 1.91. The van der Waals surface area contributed by atoms with Crippen LogP contribution in [-0.4, -0.2) is 0 Å². The van der Waals surface area contributed by atoms with Gasteiger partial charge in [0, 0.05) is 5.30 Å². The van der Waals surface area contributed by atoms with Crippen molar-refractivity contribution in [2.75, 3.05) is 0 Å². The molecule has 1 saturated heterocycles. The van der Waals surface area contributed by atoms with E-state index in [0.717, 1.165) is 16.9 Å². The summed E-state index contributed by atoms with van der Waals surface area (Å²) in [5.41, 5.74) is 3.65. The highest BCUT2D eigenvalue weighted by Crippen LogP contribution is 2.60. The number of aryl methyl sites for hydroxylation is 1. The quantitative estimate of drug-likeness (QED) is 0.601. The molecular formula is C11H9N4OPS. The van der Waals surface area contributed by atoms with Crippen LogP contribution in [-0.2, 0) is 4.57 Å². The number of nitrogens with zero attached hydrogens (tertiary/aromatic N) is 2. The molecule has 0 spiro atoms. The van der Waals surface area contributed by atoms with Crippen molar-refractivity contribution < 1.29 is 4.57 Å². The van der Waals surface area contributed by atoms with Gasteiger partial charge in [0.2, 0.25) is 0 Å². The van der Waals surface area contributed by atoms with Gasteiger partial charge in [-0.05, 0) is 30.4 Å². The third-order valence-corrected chi connectivity index (χ3v) is 6.72. The molecule has 2 rings (SSSR count). The first-order valence-corrected chi connectivity index (χ1v) is 8.16. The zero-order chi connectivity index (χ0) is 13.2. The van der Waals surface area contributed by atoms with Crippen LogP contribution < -0.4 is 15.9 Å². The number of allylic oxidation sites excluding steroid dienone is 1. The molecule has 1 aromatic rings. The molecule has 5 nitrogen and oxygen atoms in total. The topological polar surface area (TPSA) is 88.7 Å². The maximum atomic E-state index is 12.6. The van der Waals surface area contributed by atoms with E-state index in [1.807, 2.05) is 19.1 Å². The molecule has 0 aliphatic carbocycles. The highest BCUT2D eigenvalue weighted by atomic mass is 32.7. The Hall–Kier alpha value is -1.72. The molecule has 1 aromatic carbocycles. The summed E-state index contributed by atoms with van der Waals surface area (Å²) in [5.74, 6) is 0. The molecule has 2 N–H and O–H groups in total. The van der Waals surface area contributed by atoms with Crippen LogP contribution in [0.4, 0.5) is 0 Å². The molecule has 0 radical (unpaired) electrons. The van der Waals surface area contributed by atoms with Gasteiger partial charge in [0.15, 0.2) is 5.57 Å². The minimum Gasteiger partial charge on any atom is -0.307 e. The van der Waals surface area contributed by atoms with Gasteiger partial charge < -0.3 is 5.43 Å². The molecule has 18 heavy (non-hydrogen) atoms. The van der Waals surface area contributed by atoms with Crippen LogP contribution in [0.25, 0.3) is 0 Å². The van der Waals surface area contributed by atoms with E-state index in [9.17, 15) is 4.57 Å². The van der Waals surface area contributed by atoms with Crippen LogP contribution in [0.2, 0.25) is 0 Å². The Balaban J connectivity index is 2.36. The molecule has 1 unspecified atom stereocenters. The Morgan fingerprint density at radius 2 is 1.89 bits per heavy atom. The first-order chi connectivity index (χ1) is 8.59. The molecule has 1 fully saturated rings. The average Bonchev–Trinajstić information content (AvgIpc) is 2.75. The first-order valence-electron chi connectivity index (χ1n) is 5.04. The fraction of sp³-hybridized carbons (Fsp3) is 0.0909. The van der Waals surface area contributed by atoms with Crippen LogP contribution in [0.3, 0.4) is 0 Å². The van der Waals surface area contributed by atoms with Crippen LogP contribution in [0.5, 0.6) is 0 Å². The van der Waals surface area contributed by atoms with E-state index in [1.54, 1.807) is 24.3 Å². The van der Waals surface area contributed by atoms with Crippen molar-refractivity contribution in [1.29, 1.82) is 10.5 Å². The zero-order valence-electron chi connectivity index (χ0n) is 9.47. The number of hydrogen-bond acceptors (Lipinski definition) is 5. The first kappa shape index (κ1) is 12.7. The van der Waals surface area contributed by atoms with Crippen LogP contribution >= 0.6 is 17.9 Å². The van der Waals surface area contributed by atoms with E-state index in [2.05, 4.69) is 10.6 Å². The van der Waals surface area contributed by atoms with Crippen molar-refractivity contribution in [1.82, 2.24) is 10.6 Å². The number of benzene rings is 1. The number of nitrogens with one attached hydrogen (secondary N) is 2. The van der Waals surface area contributed by atoms with E-state index >= 15 is 0 Å². The van der Waals surface area contributed by atoms with Gasteiger partial charge >= 0.3 is 0 Å². The second-order valence-corrected chi connectivity index (χ2v) is 8.17. The molecule has 0 saturated carbocycles. The Morgan fingerprint density at radius 3 is 2.44 bits per heavy atom. The van der Waals surface area contributed by atoms with Gasteiger partial charge in [0.25, 0.3) is 6.49 Å². The van der Waals surface area contributed by atoms with Gasteiger partial charge in [0.05, 0.1) is 0 Å². The van der Waals surface area contributed by atoms with Gasteiger partial charge in [-0.15, -0.1) is 0 Å². The Kier molecular flexibility index (Phi) is 3.45. The summed E-state index contributed by atoms with van der Waals surface area (Å²) in [7, 11) is 0. The smallest absolute Gasteiger partial charge is 0.252 e. The van der Waals surface area contributed by atoms with Gasteiger partial charge in [0.1, 0.15) is 17.2 Å². The molecule has 1 atom stereocenters. The molecule has 1 heterocycles. The molecule has 0 bridgehead atoms. The van der Waals surface area contributed by atoms with Crippen LogP contribution in [0.1, 0.15) is 5.56 Å². The normalized spacial score (nSPS) is 21.8. The van der Waals surface area contributed by atoms with Crippen LogP contribution in [0, 0.1) is 29.6 Å². The standard InChI is InChI=1S/C11H9N4OPS/c1-8-2-4-10(5-3-8)17(16)15-14-11(18-17)9(6-12)7-13/h2-5,14H,1H3,(H,15,16). The average molecular weight is 276 g/mol. The molecule has 0 amide bonds. The second kappa shape index (κ2) is 4.88. The number of rotatable bonds is 1. The molecule has 0 aromatic heterocycles. The lowest BCUT2D eigenvalue weighted by Gasteiger charge is -2.08. The molecule has 90 valence electrons. The minimum atomic E-state index is -2.88. The number of hydrazine groups is 1. The highest BCUT2D eigenvalue weighted by molar-refractivity contribution is 8.61. The van der Waals surface area contributed by atoms with Gasteiger partial charge in [-0.25, -0.2) is 0 Å². The van der Waals surface area contributed by atoms with E-state index in [4.69, 9.17) is 10.5 Å². The summed E-state index contributed by atoms with van der Waals surface area (Å²) in [5, 5.41) is 21.2. The number of hydrogen-bond donors (Lipinski definition) is 2. The second-order valence-electron chi connectivity index (χ2n) is 3.64. The number of nitriles is 2. The van der Waals surface area contributed by atoms with E-state index in [1.165, 1.54) is 0 Å². The maximum Gasteiger partial charge on any atom is 0.252 e. The Morgan fingerprint density at radius 1 is 1.28 bits per heavy atom. The monoisotopic (exact) mass is 276 g/mol. The van der Waals surface area contributed by atoms with Crippen molar-refractivity contribution in [2.45, 2.75) is 6.92 Å². The summed E-state index contributed by atoms with van der Waals surface area (Å²) >= 11 is 0.997. The van der Waals surface area contributed by atoms with Crippen molar-refractivity contribution in [3.05, 3.63) is 40.4 Å². The van der Waals surface area contributed by atoms with Gasteiger partial charge in [-0.3, -0.25) is 4.57 Å². The van der Waals surface area contributed by atoms with Crippen LogP contribution in [0.15, 0.2) is 34.9 Å². The lowest BCUT2D eigenvalue weighted by molar-refractivity contribution is 0.579. The Labute approximate surface area is 109 Å². The highest BCUT2D eigenvalue weighted by Gasteiger charge is 2.34. The largest absolute Gasteiger partial charge is 0.307 e. The van der Waals surface area contributed by atoms with Crippen molar-refractivity contribution >= 4 is 23.2 Å². The zero-order valence-corrected chi connectivity index (χ0v) is 11.2. The van der Waals surface area contributed by atoms with E-state index in [0.29, 0.717) is 10.3 Å². The van der Waals surface area contributed by atoms with E-state index in [-0.39, 0.29) is 5.57 Å².